The average Bonchev–Trinajstić information content (AvgIpc) is 2.36. The van der Waals surface area contributed by atoms with Crippen LogP contribution in [0.5, 0.6) is 5.75 Å². The Kier molecular flexibility index (Phi) is 4.99. The van der Waals surface area contributed by atoms with Crippen molar-refractivity contribution in [3.05, 3.63) is 28.8 Å². The smallest absolute Gasteiger partial charge is 0.341 e. The maximum absolute atomic E-state index is 11.9. The van der Waals surface area contributed by atoms with Crippen LogP contribution in [-0.2, 0) is 4.74 Å². The van der Waals surface area contributed by atoms with E-state index in [-0.39, 0.29) is 5.04 Å². The molecule has 1 rings (SSSR count). The minimum atomic E-state index is -2.17. The van der Waals surface area contributed by atoms with E-state index in [9.17, 15) is 9.59 Å². The highest BCUT2D eigenvalue weighted by molar-refractivity contribution is 6.74. The summed E-state index contributed by atoms with van der Waals surface area (Å²) < 4.78 is 11.0. The second kappa shape index (κ2) is 6.01. The van der Waals surface area contributed by atoms with Crippen LogP contribution in [0.2, 0.25) is 18.1 Å². The van der Waals surface area contributed by atoms with Crippen molar-refractivity contribution in [2.45, 2.75) is 45.8 Å². The molecule has 0 N–H and O–H groups in total. The molecule has 0 amide bonds. The summed E-state index contributed by atoms with van der Waals surface area (Å²) in [5.74, 6) is -0.143. The Balaban J connectivity index is 3.48. The second-order valence-electron chi connectivity index (χ2n) is 6.64. The maximum Gasteiger partial charge on any atom is 0.341 e. The third kappa shape index (κ3) is 3.53. The van der Waals surface area contributed by atoms with Gasteiger partial charge in [0.15, 0.2) is 6.29 Å². The van der Waals surface area contributed by atoms with Gasteiger partial charge in [-0.3, -0.25) is 4.79 Å². The Morgan fingerprint density at radius 2 is 1.81 bits per heavy atom. The normalized spacial score (nSPS) is 12.0. The Bertz CT molecular complexity index is 556. The summed E-state index contributed by atoms with van der Waals surface area (Å²) in [6.45, 7) is 12.3. The summed E-state index contributed by atoms with van der Waals surface area (Å²) in [7, 11) is -0.855. The lowest BCUT2D eigenvalue weighted by Gasteiger charge is -2.37. The predicted molar refractivity (Wildman–Crippen MR) is 85.7 cm³/mol. The molecule has 21 heavy (non-hydrogen) atoms. The predicted octanol–water partition coefficient (Wildman–Crippen LogP) is 3.98. The van der Waals surface area contributed by atoms with Crippen LogP contribution in [0.15, 0.2) is 12.1 Å². The number of carbonyl (C=O) groups is 2. The first kappa shape index (κ1) is 17.4. The van der Waals surface area contributed by atoms with Crippen molar-refractivity contribution < 1.29 is 18.8 Å². The molecule has 1 aromatic rings. The largest absolute Gasteiger partial charge is 0.542 e. The first-order valence-corrected chi connectivity index (χ1v) is 9.82. The molecule has 1 aromatic carbocycles. The molecule has 0 spiro atoms. The molecular weight excluding hydrogens is 284 g/mol. The van der Waals surface area contributed by atoms with Crippen molar-refractivity contribution in [3.63, 3.8) is 0 Å². The SMILES string of the molecule is COC(=O)c1ccc(C)c(C=O)c1O[Si](C)(C)C(C)(C)C. The molecule has 0 saturated carbocycles. The van der Waals surface area contributed by atoms with E-state index in [4.69, 9.17) is 9.16 Å². The van der Waals surface area contributed by atoms with E-state index in [2.05, 4.69) is 33.9 Å². The summed E-state index contributed by atoms with van der Waals surface area (Å²) in [6, 6.07) is 3.38. The Morgan fingerprint density at radius 3 is 2.24 bits per heavy atom. The summed E-state index contributed by atoms with van der Waals surface area (Å²) in [6.07, 6.45) is 0.740. The molecule has 0 aliphatic rings. The summed E-state index contributed by atoms with van der Waals surface area (Å²) in [4.78, 5) is 23.4. The number of hydrogen-bond donors (Lipinski definition) is 0. The lowest BCUT2D eigenvalue weighted by molar-refractivity contribution is 0.0598. The molecule has 0 atom stereocenters. The van der Waals surface area contributed by atoms with Crippen molar-refractivity contribution >= 4 is 20.6 Å². The standard InChI is InChI=1S/C16H24O4Si/c1-11-8-9-12(15(18)19-5)14(13(11)10-17)20-21(6,7)16(2,3)4/h8-10H,1-7H3. The first-order chi connectivity index (χ1) is 9.55. The number of carbonyl (C=O) groups excluding carboxylic acids is 2. The van der Waals surface area contributed by atoms with Gasteiger partial charge < -0.3 is 9.16 Å². The fraction of sp³-hybridized carbons (Fsp3) is 0.500. The van der Waals surface area contributed by atoms with Gasteiger partial charge in [-0.15, -0.1) is 0 Å². The summed E-state index contributed by atoms with van der Waals surface area (Å²) in [5.41, 5.74) is 1.50. The lowest BCUT2D eigenvalue weighted by Crippen LogP contribution is -2.44. The number of rotatable bonds is 4. The van der Waals surface area contributed by atoms with Crippen LogP contribution in [0.4, 0.5) is 0 Å². The number of aldehydes is 1. The van der Waals surface area contributed by atoms with Crippen LogP contribution < -0.4 is 4.43 Å². The van der Waals surface area contributed by atoms with Crippen molar-refractivity contribution in [1.29, 1.82) is 0 Å². The van der Waals surface area contributed by atoms with E-state index >= 15 is 0 Å². The molecule has 0 aliphatic heterocycles. The zero-order valence-electron chi connectivity index (χ0n) is 13.9. The Morgan fingerprint density at radius 1 is 1.24 bits per heavy atom. The third-order valence-corrected chi connectivity index (χ3v) is 8.43. The topological polar surface area (TPSA) is 52.6 Å². The fourth-order valence-corrected chi connectivity index (χ4v) is 2.67. The molecule has 0 saturated heterocycles. The van der Waals surface area contributed by atoms with E-state index in [0.717, 1.165) is 11.8 Å². The van der Waals surface area contributed by atoms with Crippen molar-refractivity contribution in [2.24, 2.45) is 0 Å². The minimum absolute atomic E-state index is 0.0374. The van der Waals surface area contributed by atoms with Crippen molar-refractivity contribution in [2.75, 3.05) is 7.11 Å². The maximum atomic E-state index is 11.9. The summed E-state index contributed by atoms with van der Waals surface area (Å²) in [5, 5.41) is -0.0374. The highest BCUT2D eigenvalue weighted by Gasteiger charge is 2.40. The molecule has 116 valence electrons. The molecule has 4 nitrogen and oxygen atoms in total. The van der Waals surface area contributed by atoms with Crippen LogP contribution in [-0.4, -0.2) is 27.7 Å². The van der Waals surface area contributed by atoms with Gasteiger partial charge in [0.25, 0.3) is 8.32 Å². The van der Waals surface area contributed by atoms with Crippen LogP contribution in [0.1, 0.15) is 47.1 Å². The molecule has 0 radical (unpaired) electrons. The Hall–Kier alpha value is -1.62. The van der Waals surface area contributed by atoms with Gasteiger partial charge in [-0.05, 0) is 36.7 Å². The van der Waals surface area contributed by atoms with Crippen molar-refractivity contribution in [1.82, 2.24) is 0 Å². The van der Waals surface area contributed by atoms with Crippen LogP contribution in [0.25, 0.3) is 0 Å². The highest BCUT2D eigenvalue weighted by atomic mass is 28.4. The van der Waals surface area contributed by atoms with Crippen LogP contribution in [0.3, 0.4) is 0 Å². The Labute approximate surface area is 127 Å². The second-order valence-corrected chi connectivity index (χ2v) is 11.4. The van der Waals surface area contributed by atoms with E-state index in [1.807, 2.05) is 6.92 Å². The van der Waals surface area contributed by atoms with Gasteiger partial charge in [0, 0.05) is 0 Å². The molecule has 0 aliphatic carbocycles. The molecule has 0 heterocycles. The lowest BCUT2D eigenvalue weighted by atomic mass is 10.0. The van der Waals surface area contributed by atoms with Gasteiger partial charge in [0.05, 0.1) is 12.7 Å². The van der Waals surface area contributed by atoms with Crippen LogP contribution in [0, 0.1) is 6.92 Å². The third-order valence-electron chi connectivity index (χ3n) is 4.10. The number of ether oxygens (including phenoxy) is 1. The number of benzene rings is 1. The number of esters is 1. The monoisotopic (exact) mass is 308 g/mol. The van der Waals surface area contributed by atoms with E-state index < -0.39 is 14.3 Å². The van der Waals surface area contributed by atoms with E-state index in [0.29, 0.717) is 16.9 Å². The van der Waals surface area contributed by atoms with Gasteiger partial charge in [0.2, 0.25) is 0 Å². The van der Waals surface area contributed by atoms with Gasteiger partial charge in [0.1, 0.15) is 11.3 Å². The number of methoxy groups -OCH3 is 1. The van der Waals surface area contributed by atoms with Crippen molar-refractivity contribution in [3.8, 4) is 5.75 Å². The molecule has 0 aromatic heterocycles. The van der Waals surface area contributed by atoms with E-state index in [1.54, 1.807) is 12.1 Å². The van der Waals surface area contributed by atoms with E-state index in [1.165, 1.54) is 7.11 Å². The fourth-order valence-electron chi connectivity index (χ4n) is 1.63. The zero-order chi connectivity index (χ0) is 16.4. The molecule has 0 bridgehead atoms. The molecule has 5 heteroatoms. The van der Waals surface area contributed by atoms with Gasteiger partial charge >= 0.3 is 5.97 Å². The quantitative estimate of drug-likeness (QED) is 0.479. The molecular formula is C16H24O4Si. The molecule has 0 fully saturated rings. The zero-order valence-corrected chi connectivity index (χ0v) is 14.9. The van der Waals surface area contributed by atoms with Gasteiger partial charge in [-0.2, -0.15) is 0 Å². The number of aryl methyl sites for hydroxylation is 1. The van der Waals surface area contributed by atoms with Crippen LogP contribution >= 0.6 is 0 Å². The first-order valence-electron chi connectivity index (χ1n) is 6.91. The highest BCUT2D eigenvalue weighted by Crippen LogP contribution is 2.39. The average molecular weight is 308 g/mol. The number of hydrogen-bond acceptors (Lipinski definition) is 4. The minimum Gasteiger partial charge on any atom is -0.542 e. The van der Waals surface area contributed by atoms with Gasteiger partial charge in [-0.1, -0.05) is 26.8 Å². The molecule has 0 unspecified atom stereocenters. The van der Waals surface area contributed by atoms with Gasteiger partial charge in [-0.25, -0.2) is 4.79 Å². The summed E-state index contributed by atoms with van der Waals surface area (Å²) >= 11 is 0.